The van der Waals surface area contributed by atoms with Crippen LogP contribution in [0.25, 0.3) is 11.1 Å². The number of carbonyl (C=O) groups is 1. The van der Waals surface area contributed by atoms with Gasteiger partial charge in [0.1, 0.15) is 17.3 Å². The number of hydrogen-bond donors (Lipinski definition) is 0. The minimum atomic E-state index is -3.30. The van der Waals surface area contributed by atoms with Crippen LogP contribution in [0.2, 0.25) is 0 Å². The molecule has 162 valence electrons. The van der Waals surface area contributed by atoms with Gasteiger partial charge in [0.05, 0.1) is 18.6 Å². The van der Waals surface area contributed by atoms with Gasteiger partial charge in [0.15, 0.2) is 9.84 Å². The molecule has 1 amide bonds. The third-order valence-corrected chi connectivity index (χ3v) is 7.87. The van der Waals surface area contributed by atoms with Crippen molar-refractivity contribution in [2.24, 2.45) is 0 Å². The molecule has 0 N–H and O–H groups in total. The third kappa shape index (κ3) is 4.82. The number of benzene rings is 2. The summed E-state index contributed by atoms with van der Waals surface area (Å²) in [5.41, 5.74) is 2.61. The van der Waals surface area contributed by atoms with Crippen molar-refractivity contribution in [3.05, 3.63) is 78.3 Å². The molecule has 1 fully saturated rings. The molecular formula is C24H25NO5S. The van der Waals surface area contributed by atoms with Gasteiger partial charge in [-0.15, -0.1) is 0 Å². The van der Waals surface area contributed by atoms with E-state index >= 15 is 0 Å². The van der Waals surface area contributed by atoms with Crippen LogP contribution in [0.3, 0.4) is 0 Å². The number of carbonyl (C=O) groups excluding carboxylic acids is 1. The van der Waals surface area contributed by atoms with Crippen molar-refractivity contribution in [1.82, 2.24) is 4.90 Å². The molecule has 2 aromatic carbocycles. The number of furan rings is 1. The molecule has 7 heteroatoms. The van der Waals surface area contributed by atoms with Crippen molar-refractivity contribution in [2.75, 3.05) is 20.2 Å². The van der Waals surface area contributed by atoms with Crippen molar-refractivity contribution in [3.8, 4) is 16.9 Å². The lowest BCUT2D eigenvalue weighted by molar-refractivity contribution is 0.0725. The third-order valence-electron chi connectivity index (χ3n) is 5.70. The Morgan fingerprint density at radius 3 is 2.42 bits per heavy atom. The molecular weight excluding hydrogens is 414 g/mol. The van der Waals surface area contributed by atoms with E-state index in [0.717, 1.165) is 16.9 Å². The van der Waals surface area contributed by atoms with Crippen molar-refractivity contribution < 1.29 is 22.4 Å². The second kappa shape index (κ2) is 8.98. The number of methoxy groups -OCH3 is 1. The number of amides is 1. The average Bonchev–Trinajstić information content (AvgIpc) is 3.31. The van der Waals surface area contributed by atoms with Gasteiger partial charge >= 0.3 is 0 Å². The zero-order valence-electron chi connectivity index (χ0n) is 17.4. The van der Waals surface area contributed by atoms with Gasteiger partial charge < -0.3 is 14.1 Å². The molecule has 0 bridgehead atoms. The molecule has 2 heterocycles. The smallest absolute Gasteiger partial charge is 0.253 e. The van der Waals surface area contributed by atoms with Gasteiger partial charge in [-0.2, -0.15) is 0 Å². The molecule has 31 heavy (non-hydrogen) atoms. The molecule has 6 nitrogen and oxygen atoms in total. The lowest BCUT2D eigenvalue weighted by atomic mass is 10.0. The average molecular weight is 440 g/mol. The lowest BCUT2D eigenvalue weighted by Crippen LogP contribution is -2.42. The van der Waals surface area contributed by atoms with E-state index in [9.17, 15) is 13.2 Å². The summed E-state index contributed by atoms with van der Waals surface area (Å²) in [4.78, 5) is 14.6. The summed E-state index contributed by atoms with van der Waals surface area (Å²) < 4.78 is 35.7. The molecule has 1 saturated heterocycles. The summed E-state index contributed by atoms with van der Waals surface area (Å²) in [6.45, 7) is 0.858. The van der Waals surface area contributed by atoms with Gasteiger partial charge in [0.2, 0.25) is 0 Å². The Balaban J connectivity index is 1.38. The maximum atomic E-state index is 12.9. The second-order valence-corrected chi connectivity index (χ2v) is 9.97. The zero-order chi connectivity index (χ0) is 21.8. The first kappa shape index (κ1) is 21.2. The van der Waals surface area contributed by atoms with E-state index in [2.05, 4.69) is 0 Å². The molecule has 0 atom stereocenters. The van der Waals surface area contributed by atoms with Crippen LogP contribution < -0.4 is 4.74 Å². The van der Waals surface area contributed by atoms with E-state index in [1.165, 1.54) is 6.26 Å². The molecule has 1 aliphatic rings. The first-order chi connectivity index (χ1) is 15.0. The summed E-state index contributed by atoms with van der Waals surface area (Å²) >= 11 is 0. The maximum absolute atomic E-state index is 12.9. The Labute approximate surface area is 182 Å². The molecule has 0 aliphatic carbocycles. The van der Waals surface area contributed by atoms with E-state index < -0.39 is 15.1 Å². The summed E-state index contributed by atoms with van der Waals surface area (Å²) in [5, 5.41) is -0.447. The largest absolute Gasteiger partial charge is 0.497 e. The Hall–Kier alpha value is -3.06. The number of rotatable bonds is 6. The summed E-state index contributed by atoms with van der Waals surface area (Å²) in [5.74, 6) is 1.07. The second-order valence-electron chi connectivity index (χ2n) is 7.69. The predicted molar refractivity (Wildman–Crippen MR) is 119 cm³/mol. The summed E-state index contributed by atoms with van der Waals surface area (Å²) in [6.07, 6.45) is 2.36. The van der Waals surface area contributed by atoms with Gasteiger partial charge in [-0.1, -0.05) is 24.3 Å². The number of ether oxygens (including phenoxy) is 1. The monoisotopic (exact) mass is 439 g/mol. The molecule has 1 aromatic heterocycles. The Morgan fingerprint density at radius 1 is 1.03 bits per heavy atom. The number of likely N-dealkylation sites (tertiary alicyclic amines) is 1. The Bertz CT molecular complexity index is 1130. The molecule has 4 rings (SSSR count). The Kier molecular flexibility index (Phi) is 6.13. The molecule has 3 aromatic rings. The van der Waals surface area contributed by atoms with Crippen LogP contribution in [0, 0.1) is 0 Å². The van der Waals surface area contributed by atoms with E-state index in [1.54, 1.807) is 24.1 Å². The van der Waals surface area contributed by atoms with Crippen molar-refractivity contribution in [3.63, 3.8) is 0 Å². The van der Waals surface area contributed by atoms with Crippen LogP contribution >= 0.6 is 0 Å². The van der Waals surface area contributed by atoms with Gasteiger partial charge in [-0.05, 0) is 60.4 Å². The first-order valence-electron chi connectivity index (χ1n) is 10.2. The summed E-state index contributed by atoms with van der Waals surface area (Å²) in [7, 11) is -1.67. The van der Waals surface area contributed by atoms with Crippen LogP contribution in [0.5, 0.6) is 5.75 Å². The van der Waals surface area contributed by atoms with Crippen LogP contribution in [-0.4, -0.2) is 44.7 Å². The highest BCUT2D eigenvalue weighted by Gasteiger charge is 2.32. The predicted octanol–water partition coefficient (Wildman–Crippen LogP) is 4.17. The fraction of sp³-hybridized carbons (Fsp3) is 0.292. The van der Waals surface area contributed by atoms with Crippen molar-refractivity contribution in [2.45, 2.75) is 23.8 Å². The van der Waals surface area contributed by atoms with Gasteiger partial charge in [0, 0.05) is 18.7 Å². The van der Waals surface area contributed by atoms with Crippen molar-refractivity contribution >= 4 is 15.7 Å². The van der Waals surface area contributed by atoms with Gasteiger partial charge in [-0.3, -0.25) is 4.79 Å². The van der Waals surface area contributed by atoms with Crippen molar-refractivity contribution in [1.29, 1.82) is 0 Å². The van der Waals surface area contributed by atoms with Crippen LogP contribution in [0.4, 0.5) is 0 Å². The normalized spacial score (nSPS) is 15.1. The highest BCUT2D eigenvalue weighted by atomic mass is 32.2. The lowest BCUT2D eigenvalue weighted by Gasteiger charge is -2.31. The molecule has 0 radical (unpaired) electrons. The fourth-order valence-electron chi connectivity index (χ4n) is 3.92. The molecule has 0 spiro atoms. The number of nitrogens with zero attached hydrogens (tertiary/aromatic N) is 1. The minimum absolute atomic E-state index is 0.0703. The van der Waals surface area contributed by atoms with Gasteiger partial charge in [-0.25, -0.2) is 8.42 Å². The fourth-order valence-corrected chi connectivity index (χ4v) is 5.64. The van der Waals surface area contributed by atoms with E-state index in [4.69, 9.17) is 9.15 Å². The van der Waals surface area contributed by atoms with E-state index in [-0.39, 0.29) is 11.7 Å². The van der Waals surface area contributed by atoms with E-state index in [0.29, 0.717) is 37.3 Å². The molecule has 0 saturated carbocycles. The Morgan fingerprint density at radius 2 is 1.77 bits per heavy atom. The quantitative estimate of drug-likeness (QED) is 0.576. The van der Waals surface area contributed by atoms with Crippen LogP contribution in [0.1, 0.15) is 29.0 Å². The van der Waals surface area contributed by atoms with E-state index in [1.807, 2.05) is 48.5 Å². The number of sulfone groups is 1. The summed E-state index contributed by atoms with van der Waals surface area (Å²) in [6, 6.07) is 18.6. The number of piperidine rings is 1. The van der Waals surface area contributed by atoms with Gasteiger partial charge in [0.25, 0.3) is 5.91 Å². The standard InChI is InChI=1S/C24H25NO5S/c1-29-21-5-2-4-20(16-21)18-7-9-19(10-8-18)24(26)25-13-11-23(12-14-25)31(27,28)17-22-6-3-15-30-22/h2-10,15-16,23H,11-14,17H2,1H3. The SMILES string of the molecule is COc1cccc(-c2ccc(C(=O)N3CCC(S(=O)(=O)Cc4ccco4)CC3)cc2)c1. The molecule has 0 unspecified atom stereocenters. The highest BCUT2D eigenvalue weighted by Crippen LogP contribution is 2.26. The van der Waals surface area contributed by atoms with Crippen LogP contribution in [-0.2, 0) is 15.6 Å². The minimum Gasteiger partial charge on any atom is -0.497 e. The number of hydrogen-bond acceptors (Lipinski definition) is 5. The maximum Gasteiger partial charge on any atom is 0.253 e. The molecule has 1 aliphatic heterocycles. The zero-order valence-corrected chi connectivity index (χ0v) is 18.2. The first-order valence-corrected chi connectivity index (χ1v) is 12.0. The topological polar surface area (TPSA) is 76.8 Å². The highest BCUT2D eigenvalue weighted by molar-refractivity contribution is 7.91. The van der Waals surface area contributed by atoms with Crippen LogP contribution in [0.15, 0.2) is 71.3 Å².